The van der Waals surface area contributed by atoms with Crippen molar-refractivity contribution in [2.75, 3.05) is 0 Å². The third kappa shape index (κ3) is 3.46. The Bertz CT molecular complexity index is 701. The summed E-state index contributed by atoms with van der Waals surface area (Å²) in [7, 11) is 0. The van der Waals surface area contributed by atoms with Gasteiger partial charge in [-0.05, 0) is 111 Å². The molecule has 0 amide bonds. The minimum atomic E-state index is -0.0728. The number of hydrogen-bond donors (Lipinski definition) is 1. The maximum atomic E-state index is 10.5. The molecule has 4 aliphatic carbocycles. The summed E-state index contributed by atoms with van der Waals surface area (Å²) in [5.74, 6) is 4.32. The lowest BCUT2D eigenvalue weighted by molar-refractivity contribution is -0.0336. The van der Waals surface area contributed by atoms with Gasteiger partial charge in [-0.1, -0.05) is 64.8 Å². The Kier molecular flexibility index (Phi) is 6.10. The molecule has 4 rings (SSSR count). The van der Waals surface area contributed by atoms with E-state index in [2.05, 4.69) is 48.1 Å². The van der Waals surface area contributed by atoms with E-state index in [1.165, 1.54) is 63.4 Å². The van der Waals surface area contributed by atoms with Gasteiger partial charge in [0.1, 0.15) is 0 Å². The molecule has 30 heavy (non-hydrogen) atoms. The molecule has 1 heteroatoms. The molecule has 0 aromatic rings. The van der Waals surface area contributed by atoms with E-state index in [9.17, 15) is 5.11 Å². The number of aliphatic hydroxyl groups excluding tert-OH is 1. The molecule has 170 valence electrons. The van der Waals surface area contributed by atoms with E-state index in [1.807, 2.05) is 11.1 Å². The normalized spacial score (nSPS) is 44.5. The van der Waals surface area contributed by atoms with Crippen LogP contribution >= 0.6 is 0 Å². The fraction of sp³-hybridized carbons (Fsp3) is 0.862. The van der Waals surface area contributed by atoms with Crippen LogP contribution in [-0.4, -0.2) is 11.2 Å². The van der Waals surface area contributed by atoms with E-state index in [4.69, 9.17) is 0 Å². The Morgan fingerprint density at radius 2 is 1.80 bits per heavy atom. The summed E-state index contributed by atoms with van der Waals surface area (Å²) >= 11 is 0. The van der Waals surface area contributed by atoms with Gasteiger partial charge in [0.2, 0.25) is 0 Å². The summed E-state index contributed by atoms with van der Waals surface area (Å²) in [5.41, 5.74) is 6.08. The summed E-state index contributed by atoms with van der Waals surface area (Å²) in [5, 5.41) is 10.5. The van der Waals surface area contributed by atoms with Crippen LogP contribution in [0.5, 0.6) is 0 Å². The average Bonchev–Trinajstić information content (AvgIpc) is 3.06. The molecule has 0 aliphatic heterocycles. The Hall–Kier alpha value is -0.560. The predicted molar refractivity (Wildman–Crippen MR) is 128 cm³/mol. The average molecular weight is 413 g/mol. The predicted octanol–water partition coefficient (Wildman–Crippen LogP) is 7.94. The van der Waals surface area contributed by atoms with Gasteiger partial charge in [0.25, 0.3) is 0 Å². The Morgan fingerprint density at radius 1 is 1.07 bits per heavy atom. The molecule has 0 heterocycles. The van der Waals surface area contributed by atoms with Crippen LogP contribution in [0, 0.1) is 46.3 Å². The second-order valence-corrected chi connectivity index (χ2v) is 12.6. The molecule has 1 N–H and O–H groups in total. The van der Waals surface area contributed by atoms with Crippen molar-refractivity contribution in [2.24, 2.45) is 46.3 Å². The van der Waals surface area contributed by atoms with Crippen molar-refractivity contribution in [3.63, 3.8) is 0 Å². The van der Waals surface area contributed by atoms with Crippen LogP contribution in [0.1, 0.15) is 106 Å². The van der Waals surface area contributed by atoms with Gasteiger partial charge in [-0.25, -0.2) is 0 Å². The van der Waals surface area contributed by atoms with Gasteiger partial charge >= 0.3 is 0 Å². The van der Waals surface area contributed by atoms with E-state index < -0.39 is 0 Å². The first-order valence-electron chi connectivity index (χ1n) is 13.2. The Balaban J connectivity index is 1.54. The van der Waals surface area contributed by atoms with Crippen molar-refractivity contribution in [1.29, 1.82) is 0 Å². The van der Waals surface area contributed by atoms with Crippen molar-refractivity contribution >= 4 is 0 Å². The van der Waals surface area contributed by atoms with Gasteiger partial charge in [-0.15, -0.1) is 0 Å². The lowest BCUT2D eigenvalue weighted by atomic mass is 9.49. The standard InChI is InChI=1S/C29H48O/c1-18(2)19(3)8-9-20(4)23-12-13-25-22-10-11-24-21(5)27(30)15-17-29(24,7)26(22)14-16-28(23,25)6/h18,20-21,23-25,27,30H,3,8-17H2,1-2,4-7H3/t20-,21+,23-,24+,25+,27+,28-,29+/m1/s1. The molecule has 4 aliphatic rings. The van der Waals surface area contributed by atoms with Crippen LogP contribution in [0.4, 0.5) is 0 Å². The maximum Gasteiger partial charge on any atom is 0.0569 e. The van der Waals surface area contributed by atoms with Gasteiger partial charge in [-0.3, -0.25) is 0 Å². The van der Waals surface area contributed by atoms with Crippen LogP contribution in [-0.2, 0) is 0 Å². The smallest absolute Gasteiger partial charge is 0.0569 e. The topological polar surface area (TPSA) is 20.2 Å². The zero-order chi connectivity index (χ0) is 21.8. The first kappa shape index (κ1) is 22.6. The molecule has 0 spiro atoms. The molecule has 0 saturated heterocycles. The Morgan fingerprint density at radius 3 is 2.50 bits per heavy atom. The number of rotatable bonds is 5. The molecule has 0 aromatic carbocycles. The third-order valence-electron chi connectivity index (χ3n) is 11.0. The molecule has 0 bridgehead atoms. The molecule has 2 fully saturated rings. The fourth-order valence-electron chi connectivity index (χ4n) is 8.79. The van der Waals surface area contributed by atoms with Crippen molar-refractivity contribution in [1.82, 2.24) is 0 Å². The molecule has 8 atom stereocenters. The van der Waals surface area contributed by atoms with Gasteiger partial charge in [0.05, 0.1) is 6.10 Å². The summed E-state index contributed by atoms with van der Waals surface area (Å²) in [4.78, 5) is 0. The van der Waals surface area contributed by atoms with Crippen molar-refractivity contribution in [2.45, 2.75) is 112 Å². The van der Waals surface area contributed by atoms with Gasteiger partial charge in [0.15, 0.2) is 0 Å². The second-order valence-electron chi connectivity index (χ2n) is 12.6. The molecule has 0 aromatic heterocycles. The van der Waals surface area contributed by atoms with E-state index in [0.717, 1.165) is 24.2 Å². The van der Waals surface area contributed by atoms with E-state index in [0.29, 0.717) is 28.6 Å². The monoisotopic (exact) mass is 412 g/mol. The lowest BCUT2D eigenvalue weighted by Gasteiger charge is -2.56. The summed E-state index contributed by atoms with van der Waals surface area (Å²) in [6.07, 6.45) is 12.9. The number of hydrogen-bond acceptors (Lipinski definition) is 1. The molecule has 0 unspecified atom stereocenters. The zero-order valence-corrected chi connectivity index (χ0v) is 20.8. The number of fused-ring (bicyclic) bond motifs is 4. The Labute approximate surface area is 186 Å². The van der Waals surface area contributed by atoms with Crippen molar-refractivity contribution < 1.29 is 5.11 Å². The zero-order valence-electron chi connectivity index (χ0n) is 20.8. The van der Waals surface area contributed by atoms with Crippen LogP contribution in [0.2, 0.25) is 0 Å². The number of allylic oxidation sites excluding steroid dienone is 3. The SMILES string of the molecule is C=C(CC[C@@H](C)[C@H]1CC[C@H]2C3=C(CC[C@]12C)[C@@]1(C)CC[C@H](O)[C@@H](C)[C@@H]1CC3)C(C)C. The second kappa shape index (κ2) is 8.09. The summed E-state index contributed by atoms with van der Waals surface area (Å²) in [6, 6.07) is 0. The van der Waals surface area contributed by atoms with Crippen molar-refractivity contribution in [3.8, 4) is 0 Å². The first-order valence-corrected chi connectivity index (χ1v) is 13.2. The molecular formula is C29H48O. The minimum absolute atomic E-state index is 0.0728. The quantitative estimate of drug-likeness (QED) is 0.454. The van der Waals surface area contributed by atoms with E-state index in [-0.39, 0.29) is 6.10 Å². The van der Waals surface area contributed by atoms with Crippen LogP contribution < -0.4 is 0 Å². The first-order chi connectivity index (χ1) is 14.1. The summed E-state index contributed by atoms with van der Waals surface area (Å²) in [6.45, 7) is 19.0. The van der Waals surface area contributed by atoms with Crippen LogP contribution in [0.15, 0.2) is 23.3 Å². The molecule has 2 saturated carbocycles. The molecule has 1 nitrogen and oxygen atoms in total. The molecular weight excluding hydrogens is 364 g/mol. The minimum Gasteiger partial charge on any atom is -0.393 e. The number of aliphatic hydroxyl groups is 1. The van der Waals surface area contributed by atoms with Gasteiger partial charge in [0, 0.05) is 0 Å². The van der Waals surface area contributed by atoms with Gasteiger partial charge < -0.3 is 5.11 Å². The summed E-state index contributed by atoms with van der Waals surface area (Å²) < 4.78 is 0. The highest BCUT2D eigenvalue weighted by molar-refractivity contribution is 5.34. The highest BCUT2D eigenvalue weighted by Gasteiger charge is 2.56. The van der Waals surface area contributed by atoms with Gasteiger partial charge in [-0.2, -0.15) is 0 Å². The largest absolute Gasteiger partial charge is 0.393 e. The van der Waals surface area contributed by atoms with E-state index >= 15 is 0 Å². The highest BCUT2D eigenvalue weighted by Crippen LogP contribution is 2.66. The fourth-order valence-corrected chi connectivity index (χ4v) is 8.79. The maximum absolute atomic E-state index is 10.5. The highest BCUT2D eigenvalue weighted by atomic mass is 16.3. The van der Waals surface area contributed by atoms with E-state index in [1.54, 1.807) is 0 Å². The van der Waals surface area contributed by atoms with Crippen molar-refractivity contribution in [3.05, 3.63) is 23.3 Å². The third-order valence-corrected chi connectivity index (χ3v) is 11.0. The lowest BCUT2D eigenvalue weighted by Crippen LogP contribution is -2.49. The van der Waals surface area contributed by atoms with Crippen LogP contribution in [0.25, 0.3) is 0 Å². The van der Waals surface area contributed by atoms with Crippen LogP contribution in [0.3, 0.4) is 0 Å². The molecule has 0 radical (unpaired) electrons.